The molecule has 1 fully saturated rings. The molecule has 6 nitrogen and oxygen atoms in total. The van der Waals surface area contributed by atoms with E-state index in [2.05, 4.69) is 22.1 Å². The van der Waals surface area contributed by atoms with Gasteiger partial charge in [0.25, 0.3) is 0 Å². The number of carbonyl (C=O) groups excluding carboxylic acids is 1. The van der Waals surface area contributed by atoms with E-state index in [0.29, 0.717) is 19.8 Å². The predicted octanol–water partition coefficient (Wildman–Crippen LogP) is 4.19. The minimum atomic E-state index is -0.268. The highest BCUT2D eigenvalue weighted by molar-refractivity contribution is 5.84. The molecule has 1 N–H and O–H groups in total. The molecule has 0 radical (unpaired) electrons. The summed E-state index contributed by atoms with van der Waals surface area (Å²) >= 11 is 0. The topological polar surface area (TPSA) is 63.8 Å². The van der Waals surface area contributed by atoms with E-state index in [-0.39, 0.29) is 18.0 Å². The lowest BCUT2D eigenvalue weighted by Gasteiger charge is -2.37. The van der Waals surface area contributed by atoms with Crippen molar-refractivity contribution < 1.29 is 19.0 Å². The number of ether oxygens (including phenoxy) is 3. The number of esters is 1. The molecule has 0 bridgehead atoms. The summed E-state index contributed by atoms with van der Waals surface area (Å²) in [5.74, 6) is 0.430. The molecular weight excluding hydrogens is 404 g/mol. The molecule has 1 aliphatic rings. The summed E-state index contributed by atoms with van der Waals surface area (Å²) in [7, 11) is 1.69. The van der Waals surface area contributed by atoms with Crippen molar-refractivity contribution in [1.29, 1.82) is 0 Å². The third-order valence-corrected chi connectivity index (χ3v) is 6.20. The highest BCUT2D eigenvalue weighted by Crippen LogP contribution is 2.26. The summed E-state index contributed by atoms with van der Waals surface area (Å²) in [4.78, 5) is 18.4. The average Bonchev–Trinajstić information content (AvgIpc) is 3.24. The zero-order valence-corrected chi connectivity index (χ0v) is 18.9. The second-order valence-electron chi connectivity index (χ2n) is 8.26. The summed E-state index contributed by atoms with van der Waals surface area (Å²) < 4.78 is 16.9. The van der Waals surface area contributed by atoms with E-state index >= 15 is 0 Å². The lowest BCUT2D eigenvalue weighted by Crippen LogP contribution is -2.48. The van der Waals surface area contributed by atoms with Gasteiger partial charge in [0.05, 0.1) is 32.3 Å². The third-order valence-electron chi connectivity index (χ3n) is 6.20. The summed E-state index contributed by atoms with van der Waals surface area (Å²) in [5, 5.41) is 1.19. The molecule has 2 aromatic carbocycles. The van der Waals surface area contributed by atoms with E-state index in [9.17, 15) is 4.79 Å². The predicted molar refractivity (Wildman–Crippen MR) is 125 cm³/mol. The van der Waals surface area contributed by atoms with Crippen LogP contribution in [0, 0.1) is 5.92 Å². The molecule has 3 aromatic rings. The van der Waals surface area contributed by atoms with Crippen LogP contribution in [0.5, 0.6) is 5.75 Å². The van der Waals surface area contributed by atoms with E-state index in [0.717, 1.165) is 42.8 Å². The molecular formula is C26H32N2O4. The molecule has 1 saturated heterocycles. The number of hydrogen-bond donors (Lipinski definition) is 1. The van der Waals surface area contributed by atoms with Crippen LogP contribution >= 0.6 is 0 Å². The van der Waals surface area contributed by atoms with Crippen LogP contribution in [-0.2, 0) is 27.3 Å². The Kier molecular flexibility index (Phi) is 7.45. The molecule has 170 valence electrons. The molecule has 1 aromatic heterocycles. The van der Waals surface area contributed by atoms with Gasteiger partial charge in [-0.3, -0.25) is 4.79 Å². The molecule has 2 atom stereocenters. The number of likely N-dealkylation sites (tertiary alicyclic amines) is 1. The van der Waals surface area contributed by atoms with Crippen LogP contribution < -0.4 is 4.74 Å². The Labute approximate surface area is 189 Å². The van der Waals surface area contributed by atoms with E-state index < -0.39 is 0 Å². The Bertz CT molecular complexity index is 1020. The number of aromatic nitrogens is 1. The smallest absolute Gasteiger partial charge is 0.312 e. The molecule has 0 saturated carbocycles. The number of fused-ring (bicyclic) bond motifs is 1. The maximum Gasteiger partial charge on any atom is 0.312 e. The molecule has 32 heavy (non-hydrogen) atoms. The van der Waals surface area contributed by atoms with Crippen LogP contribution in [0.1, 0.15) is 24.5 Å². The number of aromatic amines is 1. The number of methoxy groups -OCH3 is 1. The number of H-pyrrole nitrogens is 1. The van der Waals surface area contributed by atoms with Crippen molar-refractivity contribution in [2.75, 3.05) is 33.4 Å². The Hall–Kier alpha value is -2.83. The van der Waals surface area contributed by atoms with Crippen molar-refractivity contribution >= 4 is 16.9 Å². The summed E-state index contributed by atoms with van der Waals surface area (Å²) in [6.45, 7) is 5.19. The van der Waals surface area contributed by atoms with Gasteiger partial charge >= 0.3 is 5.97 Å². The Morgan fingerprint density at radius 2 is 2.03 bits per heavy atom. The van der Waals surface area contributed by atoms with Gasteiger partial charge in [-0.25, -0.2) is 0 Å². The highest BCUT2D eigenvalue weighted by Gasteiger charge is 2.36. The van der Waals surface area contributed by atoms with Gasteiger partial charge in [0.2, 0.25) is 0 Å². The monoisotopic (exact) mass is 436 g/mol. The first-order valence-electron chi connectivity index (χ1n) is 11.4. The quantitative estimate of drug-likeness (QED) is 0.510. The van der Waals surface area contributed by atoms with Crippen molar-refractivity contribution in [3.63, 3.8) is 0 Å². The fourth-order valence-electron chi connectivity index (χ4n) is 4.42. The van der Waals surface area contributed by atoms with Crippen molar-refractivity contribution in [2.24, 2.45) is 5.92 Å². The van der Waals surface area contributed by atoms with Gasteiger partial charge in [-0.15, -0.1) is 0 Å². The van der Waals surface area contributed by atoms with E-state index in [4.69, 9.17) is 14.2 Å². The van der Waals surface area contributed by atoms with Gasteiger partial charge in [-0.2, -0.15) is 0 Å². The Morgan fingerprint density at radius 1 is 1.19 bits per heavy atom. The SMILES string of the molecule is CCOC(=O)[C@@H]1CN(CCc2c[nH]c3ccc(OC)cc23)CC[C@H]1OCc1ccccc1. The molecule has 6 heteroatoms. The standard InChI is InChI=1S/C26H32N2O4/c1-3-31-26(29)23-17-28(14-12-25(23)32-18-19-7-5-4-6-8-19)13-11-20-16-27-24-10-9-21(30-2)15-22(20)24/h4-10,15-16,23,25,27H,3,11-14,17-18H2,1-2H3/t23-,25-/m1/s1. The number of carbonyl (C=O) groups is 1. The molecule has 0 amide bonds. The van der Waals surface area contributed by atoms with Crippen molar-refractivity contribution in [3.05, 3.63) is 65.9 Å². The maximum atomic E-state index is 12.7. The van der Waals surface area contributed by atoms with Gasteiger partial charge in [0.15, 0.2) is 0 Å². The number of piperidine rings is 1. The Balaban J connectivity index is 1.39. The summed E-state index contributed by atoms with van der Waals surface area (Å²) in [6, 6.07) is 16.2. The van der Waals surface area contributed by atoms with Crippen LogP contribution in [0.2, 0.25) is 0 Å². The number of rotatable bonds is 9. The lowest BCUT2D eigenvalue weighted by atomic mass is 9.94. The van der Waals surface area contributed by atoms with Crippen molar-refractivity contribution in [2.45, 2.75) is 32.5 Å². The second-order valence-corrected chi connectivity index (χ2v) is 8.26. The number of hydrogen-bond acceptors (Lipinski definition) is 5. The normalized spacial score (nSPS) is 19.2. The molecule has 0 aliphatic carbocycles. The summed E-state index contributed by atoms with van der Waals surface area (Å²) in [5.41, 5.74) is 3.49. The minimum absolute atomic E-state index is 0.122. The van der Waals surface area contributed by atoms with Crippen LogP contribution in [0.15, 0.2) is 54.7 Å². The van der Waals surface area contributed by atoms with Gasteiger partial charge < -0.3 is 24.1 Å². The second kappa shape index (κ2) is 10.7. The average molecular weight is 437 g/mol. The summed E-state index contributed by atoms with van der Waals surface area (Å²) in [6.07, 6.45) is 3.67. The lowest BCUT2D eigenvalue weighted by molar-refractivity contribution is -0.158. The molecule has 4 rings (SSSR count). The number of benzene rings is 2. The third kappa shape index (κ3) is 5.31. The number of nitrogens with zero attached hydrogens (tertiary/aromatic N) is 1. The van der Waals surface area contributed by atoms with Crippen LogP contribution in [-0.4, -0.2) is 55.3 Å². The highest BCUT2D eigenvalue weighted by atomic mass is 16.5. The van der Waals surface area contributed by atoms with Crippen molar-refractivity contribution in [3.8, 4) is 5.75 Å². The van der Waals surface area contributed by atoms with Crippen LogP contribution in [0.25, 0.3) is 10.9 Å². The fraction of sp³-hybridized carbons (Fsp3) is 0.423. The number of nitrogens with one attached hydrogen (secondary N) is 1. The van der Waals surface area contributed by atoms with Crippen LogP contribution in [0.4, 0.5) is 0 Å². The zero-order chi connectivity index (χ0) is 22.3. The first kappa shape index (κ1) is 22.4. The molecule has 0 unspecified atom stereocenters. The van der Waals surface area contributed by atoms with E-state index in [1.165, 1.54) is 10.9 Å². The largest absolute Gasteiger partial charge is 0.497 e. The van der Waals surface area contributed by atoms with Crippen molar-refractivity contribution in [1.82, 2.24) is 9.88 Å². The van der Waals surface area contributed by atoms with Crippen LogP contribution in [0.3, 0.4) is 0 Å². The molecule has 0 spiro atoms. The van der Waals surface area contributed by atoms with Gasteiger partial charge in [-0.1, -0.05) is 30.3 Å². The Morgan fingerprint density at radius 3 is 2.81 bits per heavy atom. The first-order chi connectivity index (χ1) is 15.7. The molecule has 2 heterocycles. The fourth-order valence-corrected chi connectivity index (χ4v) is 4.42. The van der Waals surface area contributed by atoms with Gasteiger partial charge in [-0.05, 0) is 49.1 Å². The maximum absolute atomic E-state index is 12.7. The van der Waals surface area contributed by atoms with E-state index in [1.807, 2.05) is 49.4 Å². The molecule has 1 aliphatic heterocycles. The zero-order valence-electron chi connectivity index (χ0n) is 18.9. The minimum Gasteiger partial charge on any atom is -0.497 e. The van der Waals surface area contributed by atoms with E-state index in [1.54, 1.807) is 7.11 Å². The first-order valence-corrected chi connectivity index (χ1v) is 11.4. The van der Waals surface area contributed by atoms with Gasteiger partial charge in [0.1, 0.15) is 5.75 Å². The van der Waals surface area contributed by atoms with Gasteiger partial charge in [0, 0.05) is 36.7 Å².